The van der Waals surface area contributed by atoms with E-state index in [2.05, 4.69) is 44.8 Å². The summed E-state index contributed by atoms with van der Waals surface area (Å²) in [7, 11) is 1.63. The lowest BCUT2D eigenvalue weighted by molar-refractivity contribution is -0.118. The van der Waals surface area contributed by atoms with Gasteiger partial charge in [0.15, 0.2) is 5.82 Å². The van der Waals surface area contributed by atoms with Gasteiger partial charge in [-0.2, -0.15) is 0 Å². The molecule has 6 nitrogen and oxygen atoms in total. The Morgan fingerprint density at radius 2 is 1.93 bits per heavy atom. The normalized spacial score (nSPS) is 14.5. The van der Waals surface area contributed by atoms with Gasteiger partial charge in [0.1, 0.15) is 5.75 Å². The molecule has 0 bridgehead atoms. The number of carbonyl (C=O) groups is 1. The van der Waals surface area contributed by atoms with Gasteiger partial charge < -0.3 is 10.1 Å². The van der Waals surface area contributed by atoms with Crippen LogP contribution in [0.4, 0.5) is 0 Å². The van der Waals surface area contributed by atoms with Crippen molar-refractivity contribution in [1.82, 2.24) is 20.5 Å². The van der Waals surface area contributed by atoms with E-state index < -0.39 is 0 Å². The number of aromatic amines is 1. The van der Waals surface area contributed by atoms with E-state index in [1.807, 2.05) is 30.3 Å². The molecule has 0 atom stereocenters. The Bertz CT molecular complexity index is 937. The zero-order chi connectivity index (χ0) is 19.4. The minimum Gasteiger partial charge on any atom is -0.497 e. The topological polar surface area (TPSA) is 79.9 Å². The summed E-state index contributed by atoms with van der Waals surface area (Å²) >= 11 is 1.33. The lowest BCUT2D eigenvalue weighted by Gasteiger charge is -2.16. The fourth-order valence-electron chi connectivity index (χ4n) is 3.15. The van der Waals surface area contributed by atoms with Gasteiger partial charge in [-0.15, -0.1) is 5.10 Å². The molecule has 1 aliphatic carbocycles. The molecule has 1 heterocycles. The number of nitrogens with zero attached hydrogens (tertiary/aromatic N) is 2. The second-order valence-corrected chi connectivity index (χ2v) is 7.85. The van der Waals surface area contributed by atoms with Crippen molar-refractivity contribution in [3.8, 4) is 17.1 Å². The summed E-state index contributed by atoms with van der Waals surface area (Å²) in [6, 6.07) is 18.0. The SMILES string of the molecule is COc1ccc(-c2nc(SCC(=O)NCC3(c4ccccc4)CC3)n[nH]2)cc1. The number of hydrogen-bond acceptors (Lipinski definition) is 5. The lowest BCUT2D eigenvalue weighted by Crippen LogP contribution is -2.33. The molecule has 0 unspecified atom stereocenters. The first-order valence-corrected chi connectivity index (χ1v) is 10.2. The van der Waals surface area contributed by atoms with E-state index in [0.29, 0.717) is 23.3 Å². The van der Waals surface area contributed by atoms with Crippen molar-refractivity contribution < 1.29 is 9.53 Å². The van der Waals surface area contributed by atoms with Crippen molar-refractivity contribution in [1.29, 1.82) is 0 Å². The summed E-state index contributed by atoms with van der Waals surface area (Å²) < 4.78 is 5.16. The van der Waals surface area contributed by atoms with E-state index in [1.54, 1.807) is 7.11 Å². The highest BCUT2D eigenvalue weighted by atomic mass is 32.2. The smallest absolute Gasteiger partial charge is 0.230 e. The van der Waals surface area contributed by atoms with Crippen molar-refractivity contribution in [2.45, 2.75) is 23.4 Å². The van der Waals surface area contributed by atoms with E-state index in [0.717, 1.165) is 24.2 Å². The monoisotopic (exact) mass is 394 g/mol. The molecule has 1 fully saturated rings. The third kappa shape index (κ3) is 4.20. The van der Waals surface area contributed by atoms with Crippen molar-refractivity contribution in [2.24, 2.45) is 0 Å². The fourth-order valence-corrected chi connectivity index (χ4v) is 3.78. The molecular formula is C21H22N4O2S. The molecule has 4 rings (SSSR count). The Balaban J connectivity index is 1.28. The minimum absolute atomic E-state index is 0.00278. The van der Waals surface area contributed by atoms with Crippen LogP contribution in [0, 0.1) is 0 Å². The van der Waals surface area contributed by atoms with E-state index >= 15 is 0 Å². The molecular weight excluding hydrogens is 372 g/mol. The molecule has 7 heteroatoms. The number of H-pyrrole nitrogens is 1. The molecule has 0 radical (unpaired) electrons. The second kappa shape index (κ2) is 8.06. The molecule has 0 aliphatic heterocycles. The number of thioether (sulfide) groups is 1. The van der Waals surface area contributed by atoms with Crippen LogP contribution in [0.15, 0.2) is 59.8 Å². The van der Waals surface area contributed by atoms with Gasteiger partial charge in [-0.05, 0) is 42.7 Å². The zero-order valence-corrected chi connectivity index (χ0v) is 16.5. The molecule has 2 aromatic carbocycles. The third-order valence-electron chi connectivity index (χ3n) is 5.02. The molecule has 0 saturated heterocycles. The summed E-state index contributed by atoms with van der Waals surface area (Å²) in [6.45, 7) is 0.682. The maximum absolute atomic E-state index is 12.3. The summed E-state index contributed by atoms with van der Waals surface area (Å²) in [5, 5.41) is 10.7. The fraction of sp³-hybridized carbons (Fsp3) is 0.286. The van der Waals surface area contributed by atoms with Crippen LogP contribution in [0.2, 0.25) is 0 Å². The average molecular weight is 395 g/mol. The van der Waals surface area contributed by atoms with Gasteiger partial charge in [0.05, 0.1) is 12.9 Å². The molecule has 144 valence electrons. The molecule has 28 heavy (non-hydrogen) atoms. The Hall–Kier alpha value is -2.80. The number of ether oxygens (including phenoxy) is 1. The Kier molecular flexibility index (Phi) is 5.34. The van der Waals surface area contributed by atoms with Crippen LogP contribution in [-0.2, 0) is 10.2 Å². The van der Waals surface area contributed by atoms with E-state index in [9.17, 15) is 4.79 Å². The molecule has 1 saturated carbocycles. The van der Waals surface area contributed by atoms with Gasteiger partial charge in [-0.3, -0.25) is 9.89 Å². The van der Waals surface area contributed by atoms with Crippen LogP contribution in [0.1, 0.15) is 18.4 Å². The quantitative estimate of drug-likeness (QED) is 0.572. The van der Waals surface area contributed by atoms with Crippen LogP contribution in [-0.4, -0.2) is 40.5 Å². The largest absolute Gasteiger partial charge is 0.497 e. The maximum atomic E-state index is 12.3. The predicted molar refractivity (Wildman–Crippen MR) is 109 cm³/mol. The molecule has 1 aromatic heterocycles. The summed E-state index contributed by atoms with van der Waals surface area (Å²) in [5.41, 5.74) is 2.34. The van der Waals surface area contributed by atoms with Crippen molar-refractivity contribution in [2.75, 3.05) is 19.4 Å². The molecule has 1 aliphatic rings. The first-order valence-electron chi connectivity index (χ1n) is 9.20. The number of hydrogen-bond donors (Lipinski definition) is 2. The third-order valence-corrected chi connectivity index (χ3v) is 5.87. The molecule has 3 aromatic rings. The Labute approximate surface area is 168 Å². The number of nitrogens with one attached hydrogen (secondary N) is 2. The van der Waals surface area contributed by atoms with Gasteiger partial charge in [0.2, 0.25) is 11.1 Å². The first-order chi connectivity index (χ1) is 13.7. The van der Waals surface area contributed by atoms with Crippen LogP contribution in [0.5, 0.6) is 5.75 Å². The van der Waals surface area contributed by atoms with E-state index in [4.69, 9.17) is 4.74 Å². The number of amides is 1. The van der Waals surface area contributed by atoms with Crippen molar-refractivity contribution in [3.63, 3.8) is 0 Å². The molecule has 1 amide bonds. The average Bonchev–Trinajstić information content (AvgIpc) is 3.40. The maximum Gasteiger partial charge on any atom is 0.230 e. The van der Waals surface area contributed by atoms with Gasteiger partial charge in [-0.1, -0.05) is 42.1 Å². The number of carbonyl (C=O) groups excluding carboxylic acids is 1. The van der Waals surface area contributed by atoms with Gasteiger partial charge in [-0.25, -0.2) is 4.98 Å². The highest BCUT2D eigenvalue weighted by Crippen LogP contribution is 2.47. The first kappa shape index (κ1) is 18.6. The highest BCUT2D eigenvalue weighted by Gasteiger charge is 2.44. The van der Waals surface area contributed by atoms with E-state index in [1.165, 1.54) is 17.3 Å². The zero-order valence-electron chi connectivity index (χ0n) is 15.6. The van der Waals surface area contributed by atoms with E-state index in [-0.39, 0.29) is 11.3 Å². The number of rotatable bonds is 8. The summed E-state index contributed by atoms with van der Waals surface area (Å²) in [4.78, 5) is 16.7. The van der Waals surface area contributed by atoms with Crippen LogP contribution >= 0.6 is 11.8 Å². The summed E-state index contributed by atoms with van der Waals surface area (Å²) in [6.07, 6.45) is 2.24. The second-order valence-electron chi connectivity index (χ2n) is 6.91. The van der Waals surface area contributed by atoms with Crippen LogP contribution in [0.25, 0.3) is 11.4 Å². The predicted octanol–water partition coefficient (Wildman–Crippen LogP) is 3.42. The van der Waals surface area contributed by atoms with Gasteiger partial charge in [0.25, 0.3) is 0 Å². The lowest BCUT2D eigenvalue weighted by atomic mass is 9.96. The van der Waals surface area contributed by atoms with Crippen LogP contribution in [0.3, 0.4) is 0 Å². The number of methoxy groups -OCH3 is 1. The van der Waals surface area contributed by atoms with Gasteiger partial charge in [0, 0.05) is 17.5 Å². The van der Waals surface area contributed by atoms with Crippen molar-refractivity contribution >= 4 is 17.7 Å². The minimum atomic E-state index is 0.00278. The van der Waals surface area contributed by atoms with Crippen molar-refractivity contribution in [3.05, 3.63) is 60.2 Å². The number of benzene rings is 2. The summed E-state index contributed by atoms with van der Waals surface area (Å²) in [5.74, 6) is 1.76. The number of aromatic nitrogens is 3. The standard InChI is InChI=1S/C21H22N4O2S/c1-27-17-9-7-15(8-10-17)19-23-20(25-24-19)28-13-18(26)22-14-21(11-12-21)16-5-3-2-4-6-16/h2-10H,11-14H2,1H3,(H,22,26)(H,23,24,25). The Morgan fingerprint density at radius 3 is 2.61 bits per heavy atom. The molecule has 2 N–H and O–H groups in total. The Morgan fingerprint density at radius 1 is 1.18 bits per heavy atom. The highest BCUT2D eigenvalue weighted by molar-refractivity contribution is 7.99. The van der Waals surface area contributed by atoms with Crippen LogP contribution < -0.4 is 10.1 Å². The van der Waals surface area contributed by atoms with Gasteiger partial charge >= 0.3 is 0 Å². The molecule has 0 spiro atoms.